The van der Waals surface area contributed by atoms with Crippen LogP contribution in [0.3, 0.4) is 0 Å². The molecule has 0 saturated carbocycles. The number of nitrogens with zero attached hydrogens (tertiary/aromatic N) is 1. The van der Waals surface area contributed by atoms with Gasteiger partial charge in [-0.05, 0) is 35.4 Å². The molecule has 2 aromatic heterocycles. The fourth-order valence-electron chi connectivity index (χ4n) is 2.68. The zero-order valence-corrected chi connectivity index (χ0v) is 12.3. The summed E-state index contributed by atoms with van der Waals surface area (Å²) < 4.78 is 5.22. The fraction of sp³-hybridized carbons (Fsp3) is 0. The molecule has 3 nitrogen and oxygen atoms in total. The van der Waals surface area contributed by atoms with Gasteiger partial charge in [-0.1, -0.05) is 48.5 Å². The normalized spacial score (nSPS) is 10.8. The first-order chi connectivity index (χ1) is 11.3. The second-order valence-corrected chi connectivity index (χ2v) is 5.24. The SMILES string of the molecule is O=C(c1cc(-c2ccccc2)c2ccccc2n1)c1ccco1. The first kappa shape index (κ1) is 13.5. The van der Waals surface area contributed by atoms with Gasteiger partial charge in [0.2, 0.25) is 5.78 Å². The van der Waals surface area contributed by atoms with E-state index >= 15 is 0 Å². The molecular formula is C20H13NO2. The van der Waals surface area contributed by atoms with Crippen LogP contribution in [0.1, 0.15) is 16.2 Å². The molecule has 23 heavy (non-hydrogen) atoms. The van der Waals surface area contributed by atoms with E-state index in [-0.39, 0.29) is 5.78 Å². The van der Waals surface area contributed by atoms with Crippen LogP contribution in [0.4, 0.5) is 0 Å². The molecule has 2 aromatic carbocycles. The number of aromatic nitrogens is 1. The molecule has 0 amide bonds. The van der Waals surface area contributed by atoms with Crippen molar-refractivity contribution in [3.05, 3.63) is 90.5 Å². The van der Waals surface area contributed by atoms with Gasteiger partial charge < -0.3 is 4.42 Å². The molecule has 0 aliphatic heterocycles. The molecule has 0 atom stereocenters. The molecular weight excluding hydrogens is 286 g/mol. The van der Waals surface area contributed by atoms with Gasteiger partial charge in [-0.2, -0.15) is 0 Å². The van der Waals surface area contributed by atoms with Crippen LogP contribution in [0.25, 0.3) is 22.0 Å². The molecule has 0 saturated heterocycles. The van der Waals surface area contributed by atoms with Crippen LogP contribution in [-0.4, -0.2) is 10.8 Å². The molecule has 0 spiro atoms. The quantitative estimate of drug-likeness (QED) is 0.514. The average molecular weight is 299 g/mol. The highest BCUT2D eigenvalue weighted by atomic mass is 16.3. The Morgan fingerprint density at radius 3 is 2.43 bits per heavy atom. The third kappa shape index (κ3) is 2.42. The zero-order valence-electron chi connectivity index (χ0n) is 12.3. The van der Waals surface area contributed by atoms with E-state index in [1.54, 1.807) is 12.1 Å². The van der Waals surface area contributed by atoms with E-state index in [2.05, 4.69) is 4.98 Å². The predicted molar refractivity (Wildman–Crippen MR) is 89.3 cm³/mol. The first-order valence-corrected chi connectivity index (χ1v) is 7.36. The lowest BCUT2D eigenvalue weighted by atomic mass is 9.99. The summed E-state index contributed by atoms with van der Waals surface area (Å²) in [6, 6.07) is 23.0. The van der Waals surface area contributed by atoms with E-state index in [9.17, 15) is 4.79 Å². The van der Waals surface area contributed by atoms with E-state index in [1.165, 1.54) is 6.26 Å². The molecule has 110 valence electrons. The summed E-state index contributed by atoms with van der Waals surface area (Å²) in [5.74, 6) is 0.0877. The Kier molecular flexibility index (Phi) is 3.24. The molecule has 0 N–H and O–H groups in total. The van der Waals surface area contributed by atoms with Crippen molar-refractivity contribution in [2.45, 2.75) is 0 Å². The van der Waals surface area contributed by atoms with Gasteiger partial charge >= 0.3 is 0 Å². The smallest absolute Gasteiger partial charge is 0.246 e. The standard InChI is InChI=1S/C20H13NO2/c22-20(19-11-6-12-23-19)18-13-16(14-7-2-1-3-8-14)15-9-4-5-10-17(15)21-18/h1-13H. The number of hydrogen-bond acceptors (Lipinski definition) is 3. The van der Waals surface area contributed by atoms with Gasteiger partial charge in [-0.25, -0.2) is 4.98 Å². The molecule has 4 rings (SSSR count). The third-order valence-corrected chi connectivity index (χ3v) is 3.78. The molecule has 0 aliphatic carbocycles. The molecule has 3 heteroatoms. The maximum atomic E-state index is 12.6. The summed E-state index contributed by atoms with van der Waals surface area (Å²) in [4.78, 5) is 17.1. The molecule has 0 radical (unpaired) electrons. The number of hydrogen-bond donors (Lipinski definition) is 0. The predicted octanol–water partition coefficient (Wildman–Crippen LogP) is 4.73. The number of furan rings is 1. The summed E-state index contributed by atoms with van der Waals surface area (Å²) >= 11 is 0. The topological polar surface area (TPSA) is 43.1 Å². The first-order valence-electron chi connectivity index (χ1n) is 7.36. The summed E-state index contributed by atoms with van der Waals surface area (Å²) in [7, 11) is 0. The van der Waals surface area contributed by atoms with Gasteiger partial charge in [0.1, 0.15) is 5.69 Å². The summed E-state index contributed by atoms with van der Waals surface area (Å²) in [5.41, 5.74) is 3.23. The second kappa shape index (κ2) is 5.54. The highest BCUT2D eigenvalue weighted by Gasteiger charge is 2.16. The Labute approximate surface area is 133 Å². The van der Waals surface area contributed by atoms with Crippen LogP contribution < -0.4 is 0 Å². The van der Waals surface area contributed by atoms with Crippen LogP contribution in [0.5, 0.6) is 0 Å². The molecule has 4 aromatic rings. The molecule has 0 unspecified atom stereocenters. The highest BCUT2D eigenvalue weighted by molar-refractivity contribution is 6.09. The number of para-hydroxylation sites is 1. The van der Waals surface area contributed by atoms with Gasteiger partial charge in [-0.3, -0.25) is 4.79 Å². The third-order valence-electron chi connectivity index (χ3n) is 3.78. The van der Waals surface area contributed by atoms with E-state index in [0.29, 0.717) is 11.5 Å². The minimum Gasteiger partial charge on any atom is -0.461 e. The molecule has 0 aliphatic rings. The number of ketones is 1. The van der Waals surface area contributed by atoms with E-state index in [1.807, 2.05) is 60.7 Å². The van der Waals surface area contributed by atoms with Crippen LogP contribution in [0.15, 0.2) is 83.5 Å². The minimum absolute atomic E-state index is 0.210. The second-order valence-electron chi connectivity index (χ2n) is 5.24. The maximum Gasteiger partial charge on any atom is 0.246 e. The lowest BCUT2D eigenvalue weighted by Gasteiger charge is -2.09. The Balaban J connectivity index is 1.96. The van der Waals surface area contributed by atoms with E-state index in [0.717, 1.165) is 22.0 Å². The van der Waals surface area contributed by atoms with Crippen molar-refractivity contribution >= 4 is 16.7 Å². The van der Waals surface area contributed by atoms with Crippen molar-refractivity contribution in [2.75, 3.05) is 0 Å². The Morgan fingerprint density at radius 1 is 0.870 bits per heavy atom. The molecule has 0 fully saturated rings. The van der Waals surface area contributed by atoms with Crippen LogP contribution >= 0.6 is 0 Å². The Morgan fingerprint density at radius 2 is 1.65 bits per heavy atom. The van der Waals surface area contributed by atoms with E-state index < -0.39 is 0 Å². The van der Waals surface area contributed by atoms with Gasteiger partial charge in [0.15, 0.2) is 5.76 Å². The fourth-order valence-corrected chi connectivity index (χ4v) is 2.68. The number of pyridine rings is 1. The van der Waals surface area contributed by atoms with Gasteiger partial charge in [-0.15, -0.1) is 0 Å². The number of fused-ring (bicyclic) bond motifs is 1. The molecule has 2 heterocycles. The van der Waals surface area contributed by atoms with Crippen molar-refractivity contribution in [1.29, 1.82) is 0 Å². The largest absolute Gasteiger partial charge is 0.461 e. The summed E-state index contributed by atoms with van der Waals surface area (Å²) in [6.45, 7) is 0. The Bertz CT molecular complexity index is 973. The average Bonchev–Trinajstić information content (AvgIpc) is 3.15. The summed E-state index contributed by atoms with van der Waals surface area (Å²) in [5, 5.41) is 1.02. The van der Waals surface area contributed by atoms with Crippen molar-refractivity contribution in [2.24, 2.45) is 0 Å². The van der Waals surface area contributed by atoms with Crippen LogP contribution in [0.2, 0.25) is 0 Å². The lowest BCUT2D eigenvalue weighted by Crippen LogP contribution is -2.03. The number of carbonyl (C=O) groups excluding carboxylic acids is 1. The lowest BCUT2D eigenvalue weighted by molar-refractivity contribution is 0.100. The number of rotatable bonds is 3. The molecule has 0 bridgehead atoms. The van der Waals surface area contributed by atoms with Crippen molar-refractivity contribution in [1.82, 2.24) is 4.98 Å². The van der Waals surface area contributed by atoms with Crippen molar-refractivity contribution < 1.29 is 9.21 Å². The monoisotopic (exact) mass is 299 g/mol. The van der Waals surface area contributed by atoms with E-state index in [4.69, 9.17) is 4.42 Å². The van der Waals surface area contributed by atoms with Gasteiger partial charge in [0.05, 0.1) is 11.8 Å². The van der Waals surface area contributed by atoms with Crippen molar-refractivity contribution in [3.63, 3.8) is 0 Å². The summed E-state index contributed by atoms with van der Waals surface area (Å²) in [6.07, 6.45) is 1.49. The highest BCUT2D eigenvalue weighted by Crippen LogP contribution is 2.29. The van der Waals surface area contributed by atoms with Gasteiger partial charge in [0.25, 0.3) is 0 Å². The van der Waals surface area contributed by atoms with Crippen LogP contribution in [0, 0.1) is 0 Å². The number of carbonyl (C=O) groups is 1. The Hall–Kier alpha value is -3.20. The van der Waals surface area contributed by atoms with Crippen LogP contribution in [-0.2, 0) is 0 Å². The van der Waals surface area contributed by atoms with Gasteiger partial charge in [0, 0.05) is 5.39 Å². The van der Waals surface area contributed by atoms with Crippen molar-refractivity contribution in [3.8, 4) is 11.1 Å². The maximum absolute atomic E-state index is 12.6. The minimum atomic E-state index is -0.210. The number of benzene rings is 2. The zero-order chi connectivity index (χ0) is 15.6.